The molecule has 2 heteroatoms. The van der Waals surface area contributed by atoms with E-state index in [2.05, 4.69) is 18.2 Å². The summed E-state index contributed by atoms with van der Waals surface area (Å²) < 4.78 is 5.53. The molecule has 1 aliphatic rings. The van der Waals surface area contributed by atoms with Gasteiger partial charge in [0.05, 0.1) is 6.61 Å². The van der Waals surface area contributed by atoms with Crippen LogP contribution < -0.4 is 0 Å². The molecule has 0 unspecified atom stereocenters. The Hall–Kier alpha value is -0.600. The van der Waals surface area contributed by atoms with Crippen molar-refractivity contribution >= 4 is 0 Å². The Morgan fingerprint density at radius 3 is 2.79 bits per heavy atom. The smallest absolute Gasteiger partial charge is 0.0682 e. The van der Waals surface area contributed by atoms with E-state index in [0.29, 0.717) is 6.61 Å². The van der Waals surface area contributed by atoms with Gasteiger partial charge >= 0.3 is 0 Å². The second-order valence-electron chi connectivity index (χ2n) is 3.65. The maximum Gasteiger partial charge on any atom is 0.0682 e. The fourth-order valence-electron chi connectivity index (χ4n) is 1.47. The maximum absolute atomic E-state index is 8.57. The van der Waals surface area contributed by atoms with Crippen molar-refractivity contribution in [3.8, 4) is 0 Å². The third-order valence-corrected chi connectivity index (χ3v) is 2.33. The standard InChI is InChI=1S/C12H20O2/c13-9-5-1-2-6-10-14-11-12-7-3-4-8-12/h3-4,7,13H,1-2,5-6,8-11H2. The highest BCUT2D eigenvalue weighted by Crippen LogP contribution is 2.10. The van der Waals surface area contributed by atoms with Gasteiger partial charge in [-0.1, -0.05) is 31.1 Å². The van der Waals surface area contributed by atoms with Crippen LogP contribution in [0.15, 0.2) is 23.8 Å². The van der Waals surface area contributed by atoms with Crippen molar-refractivity contribution in [3.05, 3.63) is 23.8 Å². The number of ether oxygens (including phenoxy) is 1. The molecule has 0 spiro atoms. The summed E-state index contributed by atoms with van der Waals surface area (Å²) in [4.78, 5) is 0. The summed E-state index contributed by atoms with van der Waals surface area (Å²) in [5.74, 6) is 0. The topological polar surface area (TPSA) is 29.5 Å². The van der Waals surface area contributed by atoms with Crippen LogP contribution in [0, 0.1) is 0 Å². The van der Waals surface area contributed by atoms with Crippen molar-refractivity contribution in [1.29, 1.82) is 0 Å². The summed E-state index contributed by atoms with van der Waals surface area (Å²) >= 11 is 0. The van der Waals surface area contributed by atoms with Crippen LogP contribution in [0.5, 0.6) is 0 Å². The van der Waals surface area contributed by atoms with E-state index in [-0.39, 0.29) is 0 Å². The molecule has 2 nitrogen and oxygen atoms in total. The molecule has 0 amide bonds. The molecule has 0 aliphatic heterocycles. The van der Waals surface area contributed by atoms with Gasteiger partial charge in [0.15, 0.2) is 0 Å². The van der Waals surface area contributed by atoms with Gasteiger partial charge in [-0.2, -0.15) is 0 Å². The van der Waals surface area contributed by atoms with Gasteiger partial charge in [0.2, 0.25) is 0 Å². The third kappa shape index (κ3) is 5.20. The Kier molecular flexibility index (Phi) is 6.37. The summed E-state index contributed by atoms with van der Waals surface area (Å²) in [6.07, 6.45) is 11.7. The monoisotopic (exact) mass is 196 g/mol. The van der Waals surface area contributed by atoms with Crippen LogP contribution in [0.25, 0.3) is 0 Å². The normalized spacial score (nSPS) is 14.8. The number of allylic oxidation sites excluding steroid dienone is 3. The minimum atomic E-state index is 0.319. The van der Waals surface area contributed by atoms with Crippen LogP contribution in [-0.2, 0) is 4.74 Å². The van der Waals surface area contributed by atoms with Crippen LogP contribution in [0.1, 0.15) is 32.1 Å². The number of rotatable bonds is 8. The molecule has 1 aliphatic carbocycles. The van der Waals surface area contributed by atoms with Gasteiger partial charge in [-0.3, -0.25) is 0 Å². The van der Waals surface area contributed by atoms with Gasteiger partial charge in [0.1, 0.15) is 0 Å². The lowest BCUT2D eigenvalue weighted by Gasteiger charge is -2.04. The van der Waals surface area contributed by atoms with Crippen LogP contribution in [0.3, 0.4) is 0 Å². The third-order valence-electron chi connectivity index (χ3n) is 2.33. The van der Waals surface area contributed by atoms with Crippen molar-refractivity contribution in [2.75, 3.05) is 19.8 Å². The molecular weight excluding hydrogens is 176 g/mol. The van der Waals surface area contributed by atoms with Gasteiger partial charge < -0.3 is 9.84 Å². The average Bonchev–Trinajstić information content (AvgIpc) is 2.69. The molecule has 0 aromatic carbocycles. The zero-order chi connectivity index (χ0) is 10.1. The molecule has 0 saturated heterocycles. The molecule has 1 N–H and O–H groups in total. The Balaban J connectivity index is 1.80. The molecule has 0 bridgehead atoms. The zero-order valence-corrected chi connectivity index (χ0v) is 8.74. The first-order valence-corrected chi connectivity index (χ1v) is 5.46. The number of hydrogen-bond donors (Lipinski definition) is 1. The first-order valence-electron chi connectivity index (χ1n) is 5.46. The lowest BCUT2D eigenvalue weighted by molar-refractivity contribution is 0.149. The van der Waals surface area contributed by atoms with Gasteiger partial charge in [-0.15, -0.1) is 0 Å². The SMILES string of the molecule is OCCCCCCOCC1=CC=CC1. The minimum absolute atomic E-state index is 0.319. The number of unbranched alkanes of at least 4 members (excludes halogenated alkanes) is 3. The number of aliphatic hydroxyl groups is 1. The summed E-state index contributed by atoms with van der Waals surface area (Å²) in [6.45, 7) is 1.95. The van der Waals surface area contributed by atoms with E-state index < -0.39 is 0 Å². The molecule has 0 saturated carbocycles. The molecule has 0 aromatic heterocycles. The van der Waals surface area contributed by atoms with Gasteiger partial charge in [-0.05, 0) is 24.8 Å². The highest BCUT2D eigenvalue weighted by molar-refractivity contribution is 5.23. The zero-order valence-electron chi connectivity index (χ0n) is 8.74. The van der Waals surface area contributed by atoms with Crippen LogP contribution in [-0.4, -0.2) is 24.9 Å². The highest BCUT2D eigenvalue weighted by Gasteiger charge is 1.98. The largest absolute Gasteiger partial charge is 0.396 e. The van der Waals surface area contributed by atoms with E-state index in [9.17, 15) is 0 Å². The van der Waals surface area contributed by atoms with E-state index >= 15 is 0 Å². The summed E-state index contributed by atoms with van der Waals surface area (Å²) in [5, 5.41) is 8.57. The quantitative estimate of drug-likeness (QED) is 0.604. The number of aliphatic hydroxyl groups excluding tert-OH is 1. The minimum Gasteiger partial charge on any atom is -0.396 e. The molecule has 1 rings (SSSR count). The van der Waals surface area contributed by atoms with Crippen molar-refractivity contribution in [2.24, 2.45) is 0 Å². The molecule has 0 atom stereocenters. The van der Waals surface area contributed by atoms with Crippen molar-refractivity contribution in [3.63, 3.8) is 0 Å². The van der Waals surface area contributed by atoms with Crippen molar-refractivity contribution in [2.45, 2.75) is 32.1 Å². The average molecular weight is 196 g/mol. The fraction of sp³-hybridized carbons (Fsp3) is 0.667. The number of hydrogen-bond acceptors (Lipinski definition) is 2. The second-order valence-corrected chi connectivity index (χ2v) is 3.65. The Morgan fingerprint density at radius 2 is 2.07 bits per heavy atom. The molecule has 0 fully saturated rings. The summed E-state index contributed by atoms with van der Waals surface area (Å²) in [7, 11) is 0. The van der Waals surface area contributed by atoms with Crippen LogP contribution in [0.2, 0.25) is 0 Å². The van der Waals surface area contributed by atoms with E-state index in [1.807, 2.05) is 0 Å². The highest BCUT2D eigenvalue weighted by atomic mass is 16.5. The van der Waals surface area contributed by atoms with E-state index in [0.717, 1.165) is 45.3 Å². The van der Waals surface area contributed by atoms with Gasteiger partial charge in [0, 0.05) is 13.2 Å². The van der Waals surface area contributed by atoms with Crippen molar-refractivity contribution in [1.82, 2.24) is 0 Å². The summed E-state index contributed by atoms with van der Waals surface area (Å²) in [5.41, 5.74) is 1.38. The van der Waals surface area contributed by atoms with E-state index in [1.54, 1.807) is 0 Å². The predicted octanol–water partition coefficient (Wildman–Crippen LogP) is 2.44. The predicted molar refractivity (Wildman–Crippen MR) is 58.2 cm³/mol. The van der Waals surface area contributed by atoms with E-state index in [4.69, 9.17) is 9.84 Å². The first-order chi connectivity index (χ1) is 6.93. The molecule has 0 heterocycles. The lowest BCUT2D eigenvalue weighted by atomic mass is 10.2. The van der Waals surface area contributed by atoms with Gasteiger partial charge in [-0.25, -0.2) is 0 Å². The molecule has 0 radical (unpaired) electrons. The lowest BCUT2D eigenvalue weighted by Crippen LogP contribution is -1.99. The maximum atomic E-state index is 8.57. The second kappa shape index (κ2) is 7.77. The first kappa shape index (κ1) is 11.5. The molecule has 0 aromatic rings. The van der Waals surface area contributed by atoms with Gasteiger partial charge in [0.25, 0.3) is 0 Å². The molecule has 14 heavy (non-hydrogen) atoms. The van der Waals surface area contributed by atoms with Crippen LogP contribution >= 0.6 is 0 Å². The Labute approximate surface area is 86.3 Å². The fourth-order valence-corrected chi connectivity index (χ4v) is 1.47. The van der Waals surface area contributed by atoms with Crippen LogP contribution in [0.4, 0.5) is 0 Å². The van der Waals surface area contributed by atoms with Crippen molar-refractivity contribution < 1.29 is 9.84 Å². The Morgan fingerprint density at radius 1 is 1.21 bits per heavy atom. The molecular formula is C12H20O2. The van der Waals surface area contributed by atoms with E-state index in [1.165, 1.54) is 5.57 Å². The Bertz CT molecular complexity index is 194. The molecule has 80 valence electrons. The summed E-state index contributed by atoms with van der Waals surface area (Å²) in [6, 6.07) is 0.